The van der Waals surface area contributed by atoms with Gasteiger partial charge in [-0.3, -0.25) is 0 Å². The number of thiazole rings is 1. The molecule has 0 unspecified atom stereocenters. The average Bonchev–Trinajstić information content (AvgIpc) is 2.94. The topological polar surface area (TPSA) is 52.6 Å². The smallest absolute Gasteiger partial charge is 0.191 e. The Morgan fingerprint density at radius 3 is 2.54 bits per heavy atom. The maximum Gasteiger partial charge on any atom is 0.191 e. The molecule has 0 atom stereocenters. The van der Waals surface area contributed by atoms with Gasteiger partial charge in [-0.1, -0.05) is 12.8 Å². The number of hydrogen-bond acceptors (Lipinski definition) is 4. The minimum atomic E-state index is 0. The van der Waals surface area contributed by atoms with Gasteiger partial charge in [0.15, 0.2) is 5.96 Å². The Morgan fingerprint density at radius 1 is 1.12 bits per heavy atom. The van der Waals surface area contributed by atoms with E-state index < -0.39 is 0 Å². The summed E-state index contributed by atoms with van der Waals surface area (Å²) >= 11 is 1.74. The summed E-state index contributed by atoms with van der Waals surface area (Å²) in [6.45, 7) is 12.7. The highest BCUT2D eigenvalue weighted by Crippen LogP contribution is 2.17. The summed E-state index contributed by atoms with van der Waals surface area (Å²) in [6, 6.07) is 0. The van der Waals surface area contributed by atoms with Crippen molar-refractivity contribution in [3.05, 3.63) is 15.6 Å². The van der Waals surface area contributed by atoms with E-state index >= 15 is 0 Å². The lowest BCUT2D eigenvalue weighted by Gasteiger charge is -2.26. The van der Waals surface area contributed by atoms with Crippen molar-refractivity contribution in [1.82, 2.24) is 20.5 Å². The maximum absolute atomic E-state index is 4.71. The molecule has 0 spiro atoms. The minimum absolute atomic E-state index is 0. The number of aryl methyl sites for hydroxylation is 2. The Hall–Kier alpha value is -0.410. The van der Waals surface area contributed by atoms with Crippen LogP contribution in [0.4, 0.5) is 0 Å². The summed E-state index contributed by atoms with van der Waals surface area (Å²) in [7, 11) is 0. The molecule has 1 fully saturated rings. The summed E-state index contributed by atoms with van der Waals surface area (Å²) in [5.74, 6) is 0.920. The summed E-state index contributed by atoms with van der Waals surface area (Å²) < 4.78 is 0. The van der Waals surface area contributed by atoms with E-state index in [-0.39, 0.29) is 24.0 Å². The Labute approximate surface area is 180 Å². The molecule has 1 aromatic rings. The Balaban J connectivity index is 0.00000338. The molecule has 26 heavy (non-hydrogen) atoms. The molecule has 0 amide bonds. The molecule has 2 rings (SSSR count). The van der Waals surface area contributed by atoms with Crippen LogP contribution in [-0.2, 0) is 6.54 Å². The number of unbranched alkanes of at least 4 members (excludes halogenated alkanes) is 2. The van der Waals surface area contributed by atoms with Crippen LogP contribution in [0, 0.1) is 13.8 Å². The number of aliphatic imine (C=N–C) groups is 1. The Morgan fingerprint density at radius 2 is 1.88 bits per heavy atom. The van der Waals surface area contributed by atoms with Crippen LogP contribution in [0.5, 0.6) is 0 Å². The normalized spacial score (nSPS) is 15.6. The third kappa shape index (κ3) is 8.99. The van der Waals surface area contributed by atoms with Crippen molar-refractivity contribution in [1.29, 1.82) is 0 Å². The molecule has 0 bridgehead atoms. The zero-order valence-electron chi connectivity index (χ0n) is 16.6. The van der Waals surface area contributed by atoms with Crippen molar-refractivity contribution in [2.24, 2.45) is 4.99 Å². The van der Waals surface area contributed by atoms with Gasteiger partial charge in [-0.25, -0.2) is 9.98 Å². The second-order valence-corrected chi connectivity index (χ2v) is 8.11. The van der Waals surface area contributed by atoms with Gasteiger partial charge < -0.3 is 15.5 Å². The average molecular weight is 494 g/mol. The van der Waals surface area contributed by atoms with E-state index in [2.05, 4.69) is 41.3 Å². The number of aromatic nitrogens is 1. The number of piperidine rings is 1. The second kappa shape index (κ2) is 13.7. The van der Waals surface area contributed by atoms with Crippen LogP contribution < -0.4 is 10.6 Å². The molecule has 0 saturated carbocycles. The van der Waals surface area contributed by atoms with Crippen molar-refractivity contribution in [3.63, 3.8) is 0 Å². The zero-order chi connectivity index (χ0) is 17.9. The van der Waals surface area contributed by atoms with Gasteiger partial charge >= 0.3 is 0 Å². The lowest BCUT2D eigenvalue weighted by molar-refractivity contribution is 0.224. The molecule has 0 aliphatic carbocycles. The summed E-state index contributed by atoms with van der Waals surface area (Å²) in [5, 5.41) is 7.92. The lowest BCUT2D eigenvalue weighted by Crippen LogP contribution is -2.37. The number of hydrogen-bond donors (Lipinski definition) is 2. The molecule has 1 aromatic heterocycles. The van der Waals surface area contributed by atoms with Crippen LogP contribution in [0.3, 0.4) is 0 Å². The van der Waals surface area contributed by atoms with Gasteiger partial charge in [-0.05, 0) is 66.1 Å². The number of guanidine groups is 1. The maximum atomic E-state index is 4.71. The largest absolute Gasteiger partial charge is 0.357 e. The van der Waals surface area contributed by atoms with E-state index in [4.69, 9.17) is 4.99 Å². The molecule has 150 valence electrons. The van der Waals surface area contributed by atoms with Gasteiger partial charge in [0.1, 0.15) is 0 Å². The Kier molecular flexibility index (Phi) is 12.5. The highest BCUT2D eigenvalue weighted by Gasteiger charge is 2.09. The van der Waals surface area contributed by atoms with Crippen molar-refractivity contribution < 1.29 is 0 Å². The summed E-state index contributed by atoms with van der Waals surface area (Å²) in [5.41, 5.74) is 1.11. The molecule has 0 aromatic carbocycles. The van der Waals surface area contributed by atoms with Crippen LogP contribution >= 0.6 is 35.3 Å². The first-order valence-corrected chi connectivity index (χ1v) is 10.7. The molecule has 1 saturated heterocycles. The van der Waals surface area contributed by atoms with E-state index in [1.54, 1.807) is 11.3 Å². The van der Waals surface area contributed by atoms with Crippen LogP contribution in [-0.4, -0.2) is 48.6 Å². The third-order valence-corrected chi connectivity index (χ3v) is 5.67. The second-order valence-electron chi connectivity index (χ2n) is 6.83. The zero-order valence-corrected chi connectivity index (χ0v) is 19.8. The summed E-state index contributed by atoms with van der Waals surface area (Å²) in [6.07, 6.45) is 8.01. The van der Waals surface area contributed by atoms with Gasteiger partial charge in [-0.2, -0.15) is 0 Å². The molecule has 1 aliphatic rings. The fraction of sp³-hybridized carbons (Fsp3) is 0.789. The van der Waals surface area contributed by atoms with E-state index in [0.717, 1.165) is 29.8 Å². The molecule has 7 heteroatoms. The van der Waals surface area contributed by atoms with Gasteiger partial charge in [0.25, 0.3) is 0 Å². The van der Waals surface area contributed by atoms with Crippen LogP contribution in [0.1, 0.15) is 61.0 Å². The minimum Gasteiger partial charge on any atom is -0.357 e. The van der Waals surface area contributed by atoms with E-state index in [9.17, 15) is 0 Å². The molecule has 0 radical (unpaired) electrons. The van der Waals surface area contributed by atoms with Crippen molar-refractivity contribution in [2.75, 3.05) is 32.7 Å². The van der Waals surface area contributed by atoms with Crippen molar-refractivity contribution in [2.45, 2.75) is 65.8 Å². The standard InChI is InChI=1S/C19H35N5S.HI/c1-4-20-19(22-15-18-16(2)23-17(3)25-18)21-11-7-5-8-12-24-13-9-6-10-14-24;/h4-15H2,1-3H3,(H2,20,21,22);1H. The number of rotatable bonds is 9. The van der Waals surface area contributed by atoms with Gasteiger partial charge in [0.05, 0.1) is 17.2 Å². The SMILES string of the molecule is CCNC(=NCc1sc(C)nc1C)NCCCCCN1CCCCC1.I. The lowest BCUT2D eigenvalue weighted by atomic mass is 10.1. The quantitative estimate of drug-likeness (QED) is 0.236. The van der Waals surface area contributed by atoms with Crippen LogP contribution in [0.2, 0.25) is 0 Å². The molecular formula is C19H36IN5S. The molecule has 1 aliphatic heterocycles. The highest BCUT2D eigenvalue weighted by atomic mass is 127. The first kappa shape index (κ1) is 23.6. The van der Waals surface area contributed by atoms with E-state index in [0.29, 0.717) is 6.54 Å². The van der Waals surface area contributed by atoms with E-state index in [1.165, 1.54) is 63.0 Å². The molecular weight excluding hydrogens is 457 g/mol. The molecule has 5 nitrogen and oxygen atoms in total. The van der Waals surface area contributed by atoms with Gasteiger partial charge in [0, 0.05) is 18.0 Å². The van der Waals surface area contributed by atoms with Crippen molar-refractivity contribution >= 4 is 41.3 Å². The molecule has 2 heterocycles. The highest BCUT2D eigenvalue weighted by molar-refractivity contribution is 14.0. The van der Waals surface area contributed by atoms with Gasteiger partial charge in [-0.15, -0.1) is 35.3 Å². The van der Waals surface area contributed by atoms with Gasteiger partial charge in [0.2, 0.25) is 0 Å². The van der Waals surface area contributed by atoms with Crippen LogP contribution in [0.15, 0.2) is 4.99 Å². The monoisotopic (exact) mass is 493 g/mol. The number of nitrogens with one attached hydrogen (secondary N) is 2. The molecule has 2 N–H and O–H groups in total. The fourth-order valence-electron chi connectivity index (χ4n) is 3.24. The predicted molar refractivity (Wildman–Crippen MR) is 124 cm³/mol. The first-order chi connectivity index (χ1) is 12.2. The number of nitrogens with zero attached hydrogens (tertiary/aromatic N) is 3. The first-order valence-electron chi connectivity index (χ1n) is 9.86. The van der Waals surface area contributed by atoms with E-state index in [1.807, 2.05) is 0 Å². The fourth-order valence-corrected chi connectivity index (χ4v) is 4.10. The van der Waals surface area contributed by atoms with Crippen molar-refractivity contribution in [3.8, 4) is 0 Å². The van der Waals surface area contributed by atoms with Crippen LogP contribution in [0.25, 0.3) is 0 Å². The Bertz CT molecular complexity index is 526. The third-order valence-electron chi connectivity index (χ3n) is 4.62. The predicted octanol–water partition coefficient (Wildman–Crippen LogP) is 4.09. The summed E-state index contributed by atoms with van der Waals surface area (Å²) in [4.78, 5) is 13.1. The number of halogens is 1. The number of likely N-dealkylation sites (tertiary alicyclic amines) is 1.